The van der Waals surface area contributed by atoms with Gasteiger partial charge in [-0.3, -0.25) is 4.79 Å². The highest BCUT2D eigenvalue weighted by molar-refractivity contribution is 6.30. The van der Waals surface area contributed by atoms with E-state index in [1.165, 1.54) is 0 Å². The zero-order chi connectivity index (χ0) is 14.8. The van der Waals surface area contributed by atoms with Crippen molar-refractivity contribution in [2.45, 2.75) is 0 Å². The summed E-state index contributed by atoms with van der Waals surface area (Å²) in [4.78, 5) is 12.2. The summed E-state index contributed by atoms with van der Waals surface area (Å²) in [6, 6.07) is 14.0. The number of rotatable bonds is 3. The van der Waals surface area contributed by atoms with Gasteiger partial charge in [0.2, 0.25) is 0 Å². The number of carbonyl (C=O) groups excluding carboxylic acids is 1. The van der Waals surface area contributed by atoms with Crippen LogP contribution < -0.4 is 10.1 Å². The first-order valence-corrected chi connectivity index (χ1v) is 6.68. The standard InChI is InChI=1S/C16H12ClNO3/c1-20-13-4-2-3-10-9-14(21-15(10)13)16(19)18-12-7-5-11(17)6-8-12/h2-9H,1H3,(H,18,19). The van der Waals surface area contributed by atoms with Crippen LogP contribution >= 0.6 is 11.6 Å². The van der Waals surface area contributed by atoms with Gasteiger partial charge in [0.1, 0.15) is 0 Å². The van der Waals surface area contributed by atoms with Crippen molar-refractivity contribution in [3.63, 3.8) is 0 Å². The van der Waals surface area contributed by atoms with Crippen molar-refractivity contribution < 1.29 is 13.9 Å². The number of methoxy groups -OCH3 is 1. The summed E-state index contributed by atoms with van der Waals surface area (Å²) in [6.07, 6.45) is 0. The van der Waals surface area contributed by atoms with Gasteiger partial charge in [-0.2, -0.15) is 0 Å². The van der Waals surface area contributed by atoms with Gasteiger partial charge in [-0.05, 0) is 36.4 Å². The lowest BCUT2D eigenvalue weighted by atomic mass is 10.2. The smallest absolute Gasteiger partial charge is 0.291 e. The number of para-hydroxylation sites is 1. The predicted octanol–water partition coefficient (Wildman–Crippen LogP) is 4.35. The maximum absolute atomic E-state index is 12.2. The molecule has 1 N–H and O–H groups in total. The molecule has 0 unspecified atom stereocenters. The Balaban J connectivity index is 1.89. The van der Waals surface area contributed by atoms with Gasteiger partial charge >= 0.3 is 0 Å². The number of halogens is 1. The Morgan fingerprint density at radius 1 is 1.19 bits per heavy atom. The van der Waals surface area contributed by atoms with Crippen molar-refractivity contribution in [2.75, 3.05) is 12.4 Å². The molecule has 3 rings (SSSR count). The minimum Gasteiger partial charge on any atom is -0.493 e. The van der Waals surface area contributed by atoms with Crippen LogP contribution in [-0.2, 0) is 0 Å². The second kappa shape index (κ2) is 5.50. The minimum absolute atomic E-state index is 0.226. The fraction of sp³-hybridized carbons (Fsp3) is 0.0625. The number of carbonyl (C=O) groups is 1. The molecule has 0 saturated heterocycles. The molecule has 0 saturated carbocycles. The number of hydrogen-bond donors (Lipinski definition) is 1. The van der Waals surface area contributed by atoms with E-state index in [0.29, 0.717) is 22.0 Å². The Morgan fingerprint density at radius 3 is 2.67 bits per heavy atom. The molecule has 0 atom stereocenters. The van der Waals surface area contributed by atoms with Crippen molar-refractivity contribution in [1.82, 2.24) is 0 Å². The molecule has 1 aromatic heterocycles. The van der Waals surface area contributed by atoms with Gasteiger partial charge in [0.05, 0.1) is 7.11 Å². The van der Waals surface area contributed by atoms with Crippen molar-refractivity contribution in [2.24, 2.45) is 0 Å². The number of benzene rings is 2. The fourth-order valence-electron chi connectivity index (χ4n) is 2.03. The second-order valence-electron chi connectivity index (χ2n) is 4.45. The molecule has 3 aromatic rings. The third-order valence-corrected chi connectivity index (χ3v) is 3.31. The number of fused-ring (bicyclic) bond motifs is 1. The van der Waals surface area contributed by atoms with Gasteiger partial charge in [0, 0.05) is 16.1 Å². The first kappa shape index (κ1) is 13.5. The van der Waals surface area contributed by atoms with Crippen LogP contribution in [0.3, 0.4) is 0 Å². The van der Waals surface area contributed by atoms with Crippen LogP contribution in [0.4, 0.5) is 5.69 Å². The molecule has 1 heterocycles. The number of ether oxygens (including phenoxy) is 1. The fourth-order valence-corrected chi connectivity index (χ4v) is 2.16. The minimum atomic E-state index is -0.324. The molecular weight excluding hydrogens is 290 g/mol. The Morgan fingerprint density at radius 2 is 1.95 bits per heavy atom. The van der Waals surface area contributed by atoms with Gasteiger partial charge < -0.3 is 14.5 Å². The van der Waals surface area contributed by atoms with E-state index in [4.69, 9.17) is 20.8 Å². The summed E-state index contributed by atoms with van der Waals surface area (Å²) < 4.78 is 10.8. The molecule has 5 heteroatoms. The molecule has 0 aliphatic carbocycles. The maximum atomic E-state index is 12.2. The average molecular weight is 302 g/mol. The van der Waals surface area contributed by atoms with Gasteiger partial charge in [0.25, 0.3) is 5.91 Å². The summed E-state index contributed by atoms with van der Waals surface area (Å²) in [5.74, 6) is 0.498. The quantitative estimate of drug-likeness (QED) is 0.782. The van der Waals surface area contributed by atoms with Crippen molar-refractivity contribution >= 4 is 34.2 Å². The summed E-state index contributed by atoms with van der Waals surface area (Å²) >= 11 is 5.81. The van der Waals surface area contributed by atoms with Gasteiger partial charge in [-0.1, -0.05) is 23.7 Å². The predicted molar refractivity (Wildman–Crippen MR) is 82.2 cm³/mol. The van der Waals surface area contributed by atoms with E-state index < -0.39 is 0 Å². The molecule has 0 aliphatic rings. The van der Waals surface area contributed by atoms with Crippen LogP contribution in [0.25, 0.3) is 11.0 Å². The molecule has 4 nitrogen and oxygen atoms in total. The third kappa shape index (κ3) is 2.71. The van der Waals surface area contributed by atoms with Gasteiger partial charge in [-0.25, -0.2) is 0 Å². The first-order chi connectivity index (χ1) is 10.2. The van der Waals surface area contributed by atoms with Crippen LogP contribution in [0.5, 0.6) is 5.75 Å². The summed E-state index contributed by atoms with van der Waals surface area (Å²) in [5.41, 5.74) is 1.21. The van der Waals surface area contributed by atoms with E-state index in [9.17, 15) is 4.79 Å². The molecule has 0 aliphatic heterocycles. The van der Waals surface area contributed by atoms with E-state index in [-0.39, 0.29) is 11.7 Å². The van der Waals surface area contributed by atoms with E-state index in [2.05, 4.69) is 5.32 Å². The topological polar surface area (TPSA) is 51.5 Å². The summed E-state index contributed by atoms with van der Waals surface area (Å²) in [5, 5.41) is 4.18. The lowest BCUT2D eigenvalue weighted by Gasteiger charge is -2.02. The number of hydrogen-bond acceptors (Lipinski definition) is 3. The monoisotopic (exact) mass is 301 g/mol. The third-order valence-electron chi connectivity index (χ3n) is 3.05. The van der Waals surface area contributed by atoms with E-state index in [1.54, 1.807) is 43.5 Å². The van der Waals surface area contributed by atoms with Gasteiger partial charge in [-0.15, -0.1) is 0 Å². The number of nitrogens with one attached hydrogen (secondary N) is 1. The number of amides is 1. The normalized spacial score (nSPS) is 10.6. The van der Waals surface area contributed by atoms with Crippen LogP contribution in [-0.4, -0.2) is 13.0 Å². The molecular formula is C16H12ClNO3. The highest BCUT2D eigenvalue weighted by Crippen LogP contribution is 2.28. The molecule has 0 spiro atoms. The molecule has 21 heavy (non-hydrogen) atoms. The molecule has 1 amide bonds. The van der Waals surface area contributed by atoms with Gasteiger partial charge in [0.15, 0.2) is 17.1 Å². The largest absolute Gasteiger partial charge is 0.493 e. The molecule has 0 radical (unpaired) electrons. The van der Waals surface area contributed by atoms with Crippen LogP contribution in [0.1, 0.15) is 10.6 Å². The second-order valence-corrected chi connectivity index (χ2v) is 4.89. The van der Waals surface area contributed by atoms with Crippen LogP contribution in [0.15, 0.2) is 52.9 Å². The molecule has 0 fully saturated rings. The highest BCUT2D eigenvalue weighted by Gasteiger charge is 2.14. The SMILES string of the molecule is COc1cccc2cc(C(=O)Nc3ccc(Cl)cc3)oc12. The summed E-state index contributed by atoms with van der Waals surface area (Å²) in [6.45, 7) is 0. The number of anilines is 1. The van der Waals surface area contributed by atoms with Crippen molar-refractivity contribution in [3.05, 3.63) is 59.3 Å². The van der Waals surface area contributed by atoms with Crippen LogP contribution in [0.2, 0.25) is 5.02 Å². The number of furan rings is 1. The zero-order valence-electron chi connectivity index (χ0n) is 11.2. The maximum Gasteiger partial charge on any atom is 0.291 e. The van der Waals surface area contributed by atoms with Crippen molar-refractivity contribution in [1.29, 1.82) is 0 Å². The van der Waals surface area contributed by atoms with E-state index >= 15 is 0 Å². The highest BCUT2D eigenvalue weighted by atomic mass is 35.5. The Labute approximate surface area is 126 Å². The molecule has 0 bridgehead atoms. The van der Waals surface area contributed by atoms with E-state index in [0.717, 1.165) is 5.39 Å². The lowest BCUT2D eigenvalue weighted by Crippen LogP contribution is -2.10. The zero-order valence-corrected chi connectivity index (χ0v) is 12.0. The van der Waals surface area contributed by atoms with Crippen molar-refractivity contribution in [3.8, 4) is 5.75 Å². The average Bonchev–Trinajstić information content (AvgIpc) is 2.93. The van der Waals surface area contributed by atoms with Crippen LogP contribution in [0, 0.1) is 0 Å². The Kier molecular flexibility index (Phi) is 3.54. The Bertz CT molecular complexity index is 793. The Hall–Kier alpha value is -2.46. The first-order valence-electron chi connectivity index (χ1n) is 6.31. The summed E-state index contributed by atoms with van der Waals surface area (Å²) in [7, 11) is 1.56. The van der Waals surface area contributed by atoms with E-state index in [1.807, 2.05) is 12.1 Å². The molecule has 106 valence electrons. The lowest BCUT2D eigenvalue weighted by molar-refractivity contribution is 0.0998. The molecule has 2 aromatic carbocycles.